The maximum Gasteiger partial charge on any atom is 0.313 e. The molecule has 0 aliphatic rings. The van der Waals surface area contributed by atoms with Crippen LogP contribution in [0.15, 0.2) is 41.2 Å². The maximum absolute atomic E-state index is 13.0. The molecule has 6 nitrogen and oxygen atoms in total. The number of hydrogen-bond donors (Lipinski definition) is 3. The Labute approximate surface area is 130 Å². The van der Waals surface area contributed by atoms with Gasteiger partial charge in [-0.2, -0.15) is 0 Å². The first kappa shape index (κ1) is 16.6. The van der Waals surface area contributed by atoms with Gasteiger partial charge in [0.05, 0.1) is 18.6 Å². The lowest BCUT2D eigenvalue weighted by atomic mass is 10.1. The average Bonchev–Trinajstić information content (AvgIpc) is 3.05. The Balaban J connectivity index is 1.78. The Morgan fingerprint density at radius 1 is 1.17 bits per heavy atom. The van der Waals surface area contributed by atoms with E-state index in [1.165, 1.54) is 12.5 Å². The van der Waals surface area contributed by atoms with E-state index in [0.717, 1.165) is 18.2 Å². The molecule has 0 saturated heterocycles. The zero-order chi connectivity index (χ0) is 16.8. The molecule has 0 fully saturated rings. The molecule has 0 aliphatic heterocycles. The van der Waals surface area contributed by atoms with Gasteiger partial charge in [-0.1, -0.05) is 0 Å². The predicted octanol–water partition coefficient (Wildman–Crippen LogP) is 1.74. The lowest BCUT2D eigenvalue weighted by Gasteiger charge is -2.09. The van der Waals surface area contributed by atoms with Gasteiger partial charge < -0.3 is 20.2 Å². The first-order valence-corrected chi connectivity index (χ1v) is 6.72. The second kappa shape index (κ2) is 7.50. The first-order valence-electron chi connectivity index (χ1n) is 6.72. The van der Waals surface area contributed by atoms with Crippen molar-refractivity contribution in [2.24, 2.45) is 0 Å². The van der Waals surface area contributed by atoms with Gasteiger partial charge in [0, 0.05) is 23.9 Å². The van der Waals surface area contributed by atoms with Crippen LogP contribution >= 0.6 is 0 Å². The van der Waals surface area contributed by atoms with Crippen molar-refractivity contribution in [1.29, 1.82) is 0 Å². The van der Waals surface area contributed by atoms with Gasteiger partial charge in [0.15, 0.2) is 11.6 Å². The van der Waals surface area contributed by atoms with Crippen LogP contribution in [0.4, 0.5) is 14.5 Å². The van der Waals surface area contributed by atoms with Gasteiger partial charge in [-0.05, 0) is 24.6 Å². The van der Waals surface area contributed by atoms with Crippen molar-refractivity contribution in [3.63, 3.8) is 0 Å². The van der Waals surface area contributed by atoms with Crippen LogP contribution in [-0.4, -0.2) is 23.5 Å². The van der Waals surface area contributed by atoms with Gasteiger partial charge in [-0.25, -0.2) is 8.78 Å². The summed E-state index contributed by atoms with van der Waals surface area (Å²) in [6, 6.07) is 4.32. The number of nitrogens with one attached hydrogen (secondary N) is 2. The number of aliphatic hydroxyl groups is 1. The minimum absolute atomic E-state index is 0.0394. The van der Waals surface area contributed by atoms with Gasteiger partial charge >= 0.3 is 11.8 Å². The maximum atomic E-state index is 13.0. The van der Waals surface area contributed by atoms with Gasteiger partial charge in [0.25, 0.3) is 0 Å². The summed E-state index contributed by atoms with van der Waals surface area (Å²) in [4.78, 5) is 23.2. The molecule has 1 unspecified atom stereocenters. The van der Waals surface area contributed by atoms with Crippen LogP contribution in [0.25, 0.3) is 0 Å². The Bertz CT molecular complexity index is 689. The second-order valence-electron chi connectivity index (χ2n) is 4.70. The highest BCUT2D eigenvalue weighted by atomic mass is 19.2. The van der Waals surface area contributed by atoms with Crippen LogP contribution in [0.5, 0.6) is 0 Å². The highest BCUT2D eigenvalue weighted by Gasteiger charge is 2.15. The number of hydrogen-bond acceptors (Lipinski definition) is 4. The summed E-state index contributed by atoms with van der Waals surface area (Å²) in [5, 5.41) is 14.2. The Morgan fingerprint density at radius 3 is 2.61 bits per heavy atom. The molecule has 2 amide bonds. The van der Waals surface area contributed by atoms with E-state index in [0.29, 0.717) is 5.56 Å². The van der Waals surface area contributed by atoms with E-state index in [1.807, 2.05) is 0 Å². The minimum atomic E-state index is -1.13. The Kier molecular flexibility index (Phi) is 5.42. The van der Waals surface area contributed by atoms with E-state index >= 15 is 0 Å². The number of rotatable bonds is 5. The van der Waals surface area contributed by atoms with Crippen molar-refractivity contribution >= 4 is 17.5 Å². The van der Waals surface area contributed by atoms with Crippen LogP contribution < -0.4 is 10.6 Å². The number of halogens is 2. The molecule has 2 aromatic rings. The van der Waals surface area contributed by atoms with E-state index in [-0.39, 0.29) is 18.7 Å². The van der Waals surface area contributed by atoms with Crippen molar-refractivity contribution < 1.29 is 27.9 Å². The number of amides is 2. The van der Waals surface area contributed by atoms with Gasteiger partial charge in [0.2, 0.25) is 0 Å². The predicted molar refractivity (Wildman–Crippen MR) is 76.3 cm³/mol. The summed E-state index contributed by atoms with van der Waals surface area (Å²) in [7, 11) is 0. The fourth-order valence-corrected chi connectivity index (χ4v) is 1.80. The molecule has 0 aliphatic carbocycles. The molecule has 0 saturated carbocycles. The molecule has 8 heteroatoms. The topological polar surface area (TPSA) is 91.6 Å². The number of furan rings is 1. The second-order valence-corrected chi connectivity index (χ2v) is 4.70. The van der Waals surface area contributed by atoms with Crippen LogP contribution in [0.1, 0.15) is 18.1 Å². The number of carbonyl (C=O) groups is 2. The summed E-state index contributed by atoms with van der Waals surface area (Å²) in [5.41, 5.74) is 0.521. The molecule has 3 N–H and O–H groups in total. The highest BCUT2D eigenvalue weighted by molar-refractivity contribution is 6.39. The van der Waals surface area contributed by atoms with Gasteiger partial charge in [-0.15, -0.1) is 0 Å². The molecular weight excluding hydrogens is 310 g/mol. The number of benzene rings is 1. The smallest absolute Gasteiger partial charge is 0.313 e. The molecule has 0 spiro atoms. The minimum Gasteiger partial charge on any atom is -0.472 e. The summed E-state index contributed by atoms with van der Waals surface area (Å²) < 4.78 is 30.6. The molecule has 23 heavy (non-hydrogen) atoms. The van der Waals surface area contributed by atoms with Gasteiger partial charge in [-0.3, -0.25) is 9.59 Å². The number of aliphatic hydroxyl groups excluding tert-OH is 1. The zero-order valence-electron chi connectivity index (χ0n) is 11.9. The molecule has 2 rings (SSSR count). The summed E-state index contributed by atoms with van der Waals surface area (Å²) in [6.07, 6.45) is 2.14. The van der Waals surface area contributed by atoms with Crippen molar-refractivity contribution in [1.82, 2.24) is 5.32 Å². The summed E-state index contributed by atoms with van der Waals surface area (Å²) in [5.74, 6) is -4.16. The van der Waals surface area contributed by atoms with Crippen LogP contribution in [0, 0.1) is 11.6 Å². The van der Waals surface area contributed by atoms with Crippen molar-refractivity contribution in [2.75, 3.05) is 11.9 Å². The first-order chi connectivity index (χ1) is 11.0. The molecule has 1 aromatic heterocycles. The molecule has 1 heterocycles. The standard InChI is InChI=1S/C15H14F2N2O4/c16-11-2-1-10(7-12(11)17)19-15(22)14(21)18-5-3-13(20)9-4-6-23-8-9/h1-2,4,6-8,13,20H,3,5H2,(H,18,21)(H,19,22). The Hall–Kier alpha value is -2.74. The fourth-order valence-electron chi connectivity index (χ4n) is 1.80. The number of anilines is 1. The third kappa shape index (κ3) is 4.62. The van der Waals surface area contributed by atoms with E-state index in [1.54, 1.807) is 6.07 Å². The average molecular weight is 324 g/mol. The summed E-state index contributed by atoms with van der Waals surface area (Å²) >= 11 is 0. The van der Waals surface area contributed by atoms with Crippen molar-refractivity contribution in [2.45, 2.75) is 12.5 Å². The monoisotopic (exact) mass is 324 g/mol. The van der Waals surface area contributed by atoms with E-state index < -0.39 is 29.6 Å². The highest BCUT2D eigenvalue weighted by Crippen LogP contribution is 2.16. The molecule has 122 valence electrons. The van der Waals surface area contributed by atoms with Crippen molar-refractivity contribution in [3.8, 4) is 0 Å². The fraction of sp³-hybridized carbons (Fsp3) is 0.200. The third-order valence-electron chi connectivity index (χ3n) is 3.01. The quantitative estimate of drug-likeness (QED) is 0.731. The van der Waals surface area contributed by atoms with E-state index in [2.05, 4.69) is 10.6 Å². The molecule has 1 aromatic carbocycles. The molecule has 1 atom stereocenters. The molecule has 0 radical (unpaired) electrons. The number of carbonyl (C=O) groups excluding carboxylic acids is 2. The van der Waals surface area contributed by atoms with Crippen LogP contribution in [0.2, 0.25) is 0 Å². The van der Waals surface area contributed by atoms with Crippen LogP contribution in [0.3, 0.4) is 0 Å². The van der Waals surface area contributed by atoms with E-state index in [9.17, 15) is 23.5 Å². The molecular formula is C15H14F2N2O4. The SMILES string of the molecule is O=C(NCCC(O)c1ccoc1)C(=O)Nc1ccc(F)c(F)c1. The Morgan fingerprint density at radius 2 is 1.96 bits per heavy atom. The lowest BCUT2D eigenvalue weighted by molar-refractivity contribution is -0.136. The lowest BCUT2D eigenvalue weighted by Crippen LogP contribution is -2.36. The van der Waals surface area contributed by atoms with Gasteiger partial charge in [0.1, 0.15) is 0 Å². The van der Waals surface area contributed by atoms with Crippen LogP contribution in [-0.2, 0) is 9.59 Å². The molecule has 0 bridgehead atoms. The summed E-state index contributed by atoms with van der Waals surface area (Å²) in [6.45, 7) is 0.0520. The van der Waals surface area contributed by atoms with Crippen molar-refractivity contribution in [3.05, 3.63) is 54.0 Å². The normalized spacial score (nSPS) is 11.8. The third-order valence-corrected chi connectivity index (χ3v) is 3.01. The van der Waals surface area contributed by atoms with E-state index in [4.69, 9.17) is 4.42 Å². The zero-order valence-corrected chi connectivity index (χ0v) is 11.9. The largest absolute Gasteiger partial charge is 0.472 e.